The number of benzene rings is 1. The molecule has 2 N–H and O–H groups in total. The maximum absolute atomic E-state index is 13.0. The van der Waals surface area contributed by atoms with Gasteiger partial charge in [0.2, 0.25) is 0 Å². The van der Waals surface area contributed by atoms with Crippen LogP contribution in [0, 0.1) is 20.8 Å². The van der Waals surface area contributed by atoms with Gasteiger partial charge >= 0.3 is 0 Å². The van der Waals surface area contributed by atoms with E-state index in [2.05, 4.69) is 15.4 Å². The number of amides is 1. The molecule has 2 heterocycles. The Bertz CT molecular complexity index is 992. The molecule has 3 aromatic rings. The van der Waals surface area contributed by atoms with E-state index in [-0.39, 0.29) is 5.91 Å². The minimum absolute atomic E-state index is 0.259. The summed E-state index contributed by atoms with van der Waals surface area (Å²) in [5.41, 5.74) is 5.44. The quantitative estimate of drug-likeness (QED) is 0.750. The Morgan fingerprint density at radius 3 is 2.84 bits per heavy atom. The van der Waals surface area contributed by atoms with Gasteiger partial charge < -0.3 is 10.4 Å². The van der Waals surface area contributed by atoms with E-state index in [1.807, 2.05) is 44.2 Å². The number of hydrogen-bond donors (Lipinski definition) is 2. The minimum Gasteiger partial charge on any atom is -0.390 e. The first kappa shape index (κ1) is 15.8. The summed E-state index contributed by atoms with van der Waals surface area (Å²) in [5.74, 6) is -0.259. The molecular weight excluding hydrogens is 316 g/mol. The van der Waals surface area contributed by atoms with Crippen molar-refractivity contribution in [2.75, 3.05) is 0 Å². The number of carbonyl (C=O) groups is 1. The fourth-order valence-corrected chi connectivity index (χ4v) is 3.65. The highest BCUT2D eigenvalue weighted by atomic mass is 16.3. The summed E-state index contributed by atoms with van der Waals surface area (Å²) in [6.45, 7) is 5.64. The number of aromatic nitrogens is 3. The Morgan fingerprint density at radius 1 is 1.28 bits per heavy atom. The van der Waals surface area contributed by atoms with E-state index in [9.17, 15) is 9.90 Å². The van der Waals surface area contributed by atoms with Crippen LogP contribution in [0.15, 0.2) is 30.3 Å². The van der Waals surface area contributed by atoms with Crippen LogP contribution in [0.1, 0.15) is 44.6 Å². The lowest BCUT2D eigenvalue weighted by atomic mass is 10.1. The predicted octanol–water partition coefficient (Wildman–Crippen LogP) is 2.04. The summed E-state index contributed by atoms with van der Waals surface area (Å²) in [6, 6.07) is 9.32. The number of carbonyl (C=O) groups excluding carboxylic acids is 1. The molecule has 2 atom stereocenters. The van der Waals surface area contributed by atoms with Crippen molar-refractivity contribution in [1.29, 1.82) is 0 Å². The number of aryl methyl sites for hydroxylation is 3. The van der Waals surface area contributed by atoms with Gasteiger partial charge in [0.15, 0.2) is 5.65 Å². The van der Waals surface area contributed by atoms with E-state index >= 15 is 0 Å². The van der Waals surface area contributed by atoms with Gasteiger partial charge in [0.1, 0.15) is 5.56 Å². The molecule has 0 saturated heterocycles. The summed E-state index contributed by atoms with van der Waals surface area (Å²) >= 11 is 0. The molecule has 2 aromatic heterocycles. The number of fused-ring (bicyclic) bond motifs is 2. The van der Waals surface area contributed by atoms with Gasteiger partial charge in [-0.25, -0.2) is 9.50 Å². The number of rotatable bonds is 2. The van der Waals surface area contributed by atoms with Crippen molar-refractivity contribution in [3.05, 3.63) is 64.1 Å². The topological polar surface area (TPSA) is 79.5 Å². The molecule has 0 aliphatic heterocycles. The zero-order valence-electron chi connectivity index (χ0n) is 14.4. The molecule has 6 nitrogen and oxygen atoms in total. The first-order valence-corrected chi connectivity index (χ1v) is 8.36. The van der Waals surface area contributed by atoms with Gasteiger partial charge in [-0.05, 0) is 38.0 Å². The minimum atomic E-state index is -0.625. The number of aliphatic hydroxyl groups excluding tert-OH is 1. The fraction of sp³-hybridized carbons (Fsp3) is 0.316. The zero-order valence-corrected chi connectivity index (χ0v) is 14.4. The molecule has 1 amide bonds. The molecule has 1 aromatic carbocycles. The summed E-state index contributed by atoms with van der Waals surface area (Å²) in [6.07, 6.45) is -0.0781. The first-order chi connectivity index (χ1) is 12.0. The van der Waals surface area contributed by atoms with Crippen molar-refractivity contribution in [3.63, 3.8) is 0 Å². The van der Waals surface area contributed by atoms with E-state index in [4.69, 9.17) is 0 Å². The van der Waals surface area contributed by atoms with Gasteiger partial charge in [-0.15, -0.1) is 0 Å². The maximum atomic E-state index is 13.0. The standard InChI is InChI=1S/C19H20N4O2/c1-10-8-11(2)23-18(20-10)16(12(3)22-23)19(25)21-17-14-7-5-4-6-13(14)9-15(17)24/h4-8,15,17,24H,9H2,1-3H3,(H,21,25)/t15-,17+/m1/s1. The lowest BCUT2D eigenvalue weighted by molar-refractivity contribution is 0.0859. The Balaban J connectivity index is 1.73. The molecule has 4 rings (SSSR count). The number of nitrogens with zero attached hydrogens (tertiary/aromatic N) is 3. The monoisotopic (exact) mass is 336 g/mol. The SMILES string of the molecule is Cc1cc(C)n2nc(C)c(C(=O)N[C@H]3c4ccccc4C[C@H]3O)c2n1. The molecular formula is C19H20N4O2. The third-order valence-electron chi connectivity index (χ3n) is 4.79. The van der Waals surface area contributed by atoms with Crippen molar-refractivity contribution >= 4 is 11.6 Å². The van der Waals surface area contributed by atoms with E-state index in [1.54, 1.807) is 11.4 Å². The fourth-order valence-electron chi connectivity index (χ4n) is 3.65. The molecule has 0 spiro atoms. The summed E-state index contributed by atoms with van der Waals surface area (Å²) in [7, 11) is 0. The highest BCUT2D eigenvalue weighted by Gasteiger charge is 2.33. The summed E-state index contributed by atoms with van der Waals surface area (Å²) in [5, 5.41) is 17.8. The second-order valence-corrected chi connectivity index (χ2v) is 6.66. The van der Waals surface area contributed by atoms with Crippen molar-refractivity contribution in [2.45, 2.75) is 39.3 Å². The van der Waals surface area contributed by atoms with Gasteiger partial charge in [-0.3, -0.25) is 4.79 Å². The van der Waals surface area contributed by atoms with Gasteiger partial charge in [0, 0.05) is 17.8 Å². The number of aliphatic hydroxyl groups is 1. The maximum Gasteiger partial charge on any atom is 0.257 e. The summed E-state index contributed by atoms with van der Waals surface area (Å²) in [4.78, 5) is 17.5. The van der Waals surface area contributed by atoms with Crippen LogP contribution in [0.2, 0.25) is 0 Å². The van der Waals surface area contributed by atoms with E-state index in [1.165, 1.54) is 0 Å². The molecule has 128 valence electrons. The lowest BCUT2D eigenvalue weighted by Gasteiger charge is -2.17. The molecule has 0 radical (unpaired) electrons. The van der Waals surface area contributed by atoms with Crippen LogP contribution in [0.5, 0.6) is 0 Å². The Kier molecular flexibility index (Phi) is 3.58. The van der Waals surface area contributed by atoms with Gasteiger partial charge in [0.05, 0.1) is 17.8 Å². The number of hydrogen-bond acceptors (Lipinski definition) is 4. The van der Waals surface area contributed by atoms with Crippen molar-refractivity contribution < 1.29 is 9.90 Å². The smallest absolute Gasteiger partial charge is 0.257 e. The molecule has 0 bridgehead atoms. The van der Waals surface area contributed by atoms with Crippen molar-refractivity contribution in [3.8, 4) is 0 Å². The Morgan fingerprint density at radius 2 is 2.04 bits per heavy atom. The van der Waals surface area contributed by atoms with Crippen LogP contribution in [-0.2, 0) is 6.42 Å². The van der Waals surface area contributed by atoms with Crippen LogP contribution in [-0.4, -0.2) is 31.7 Å². The molecule has 1 aliphatic rings. The highest BCUT2D eigenvalue weighted by Crippen LogP contribution is 2.31. The molecule has 6 heteroatoms. The third-order valence-corrected chi connectivity index (χ3v) is 4.79. The Hall–Kier alpha value is -2.73. The largest absolute Gasteiger partial charge is 0.390 e. The van der Waals surface area contributed by atoms with Crippen LogP contribution in [0.25, 0.3) is 5.65 Å². The molecule has 1 aliphatic carbocycles. The molecule has 0 fully saturated rings. The predicted molar refractivity (Wildman–Crippen MR) is 93.6 cm³/mol. The Labute approximate surface area is 145 Å². The second kappa shape index (κ2) is 5.67. The lowest BCUT2D eigenvalue weighted by Crippen LogP contribution is -2.34. The van der Waals surface area contributed by atoms with Gasteiger partial charge in [0.25, 0.3) is 5.91 Å². The second-order valence-electron chi connectivity index (χ2n) is 6.66. The van der Waals surface area contributed by atoms with Crippen LogP contribution in [0.4, 0.5) is 0 Å². The molecule has 0 saturated carbocycles. The van der Waals surface area contributed by atoms with Crippen molar-refractivity contribution in [2.24, 2.45) is 0 Å². The zero-order chi connectivity index (χ0) is 17.7. The van der Waals surface area contributed by atoms with Crippen LogP contribution in [0.3, 0.4) is 0 Å². The summed E-state index contributed by atoms with van der Waals surface area (Å²) < 4.78 is 1.69. The van der Waals surface area contributed by atoms with E-state index in [0.29, 0.717) is 23.3 Å². The third kappa shape index (κ3) is 2.49. The first-order valence-electron chi connectivity index (χ1n) is 8.36. The van der Waals surface area contributed by atoms with E-state index in [0.717, 1.165) is 22.5 Å². The normalized spacial score (nSPS) is 19.2. The van der Waals surface area contributed by atoms with Crippen LogP contribution < -0.4 is 5.32 Å². The average molecular weight is 336 g/mol. The van der Waals surface area contributed by atoms with Crippen LogP contribution >= 0.6 is 0 Å². The number of nitrogens with one attached hydrogen (secondary N) is 1. The average Bonchev–Trinajstić information content (AvgIpc) is 3.05. The molecule has 25 heavy (non-hydrogen) atoms. The van der Waals surface area contributed by atoms with Gasteiger partial charge in [-0.2, -0.15) is 5.10 Å². The van der Waals surface area contributed by atoms with Crippen molar-refractivity contribution in [1.82, 2.24) is 19.9 Å². The van der Waals surface area contributed by atoms with E-state index < -0.39 is 12.1 Å². The highest BCUT2D eigenvalue weighted by molar-refractivity contribution is 6.01. The van der Waals surface area contributed by atoms with Gasteiger partial charge in [-0.1, -0.05) is 24.3 Å². The molecule has 0 unspecified atom stereocenters.